The Morgan fingerprint density at radius 1 is 1.25 bits per heavy atom. The van der Waals surface area contributed by atoms with E-state index in [1.54, 1.807) is 0 Å². The van der Waals surface area contributed by atoms with Gasteiger partial charge >= 0.3 is 0 Å². The predicted octanol–water partition coefficient (Wildman–Crippen LogP) is 2.83. The van der Waals surface area contributed by atoms with Gasteiger partial charge in [0.2, 0.25) is 0 Å². The van der Waals surface area contributed by atoms with Crippen LogP contribution in [0.1, 0.15) is 32.8 Å². The first-order valence-electron chi connectivity index (χ1n) is 7.74. The first-order chi connectivity index (χ1) is 9.54. The maximum absolute atomic E-state index is 5.83. The average molecular weight is 276 g/mol. The molecule has 1 N–H and O–H groups in total. The maximum Gasteiger partial charge on any atom is 0.119 e. The minimum absolute atomic E-state index is 0.383. The Balaban J connectivity index is 1.70. The molecular weight excluding hydrogens is 248 g/mol. The van der Waals surface area contributed by atoms with Crippen molar-refractivity contribution in [1.82, 2.24) is 10.2 Å². The smallest absolute Gasteiger partial charge is 0.119 e. The molecule has 112 valence electrons. The zero-order chi connectivity index (χ0) is 14.5. The highest BCUT2D eigenvalue weighted by atomic mass is 16.5. The Morgan fingerprint density at radius 3 is 2.55 bits per heavy atom. The Hall–Kier alpha value is -1.06. The van der Waals surface area contributed by atoms with E-state index in [-0.39, 0.29) is 0 Å². The van der Waals surface area contributed by atoms with Gasteiger partial charge in [-0.15, -0.1) is 0 Å². The van der Waals surface area contributed by atoms with Crippen molar-refractivity contribution in [3.8, 4) is 5.75 Å². The highest BCUT2D eigenvalue weighted by Gasteiger charge is 2.24. The van der Waals surface area contributed by atoms with Gasteiger partial charge in [-0.05, 0) is 52.8 Å². The summed E-state index contributed by atoms with van der Waals surface area (Å²) in [5, 5.41) is 3.68. The molecule has 20 heavy (non-hydrogen) atoms. The van der Waals surface area contributed by atoms with Crippen LogP contribution in [0.3, 0.4) is 0 Å². The first kappa shape index (κ1) is 15.3. The molecule has 2 atom stereocenters. The van der Waals surface area contributed by atoms with Crippen LogP contribution in [0.25, 0.3) is 0 Å². The monoisotopic (exact) mass is 276 g/mol. The number of nitrogens with one attached hydrogen (secondary N) is 1. The number of hydrogen-bond donors (Lipinski definition) is 1. The van der Waals surface area contributed by atoms with Gasteiger partial charge in [0.05, 0.1) is 0 Å². The third-order valence-corrected chi connectivity index (χ3v) is 3.99. The fraction of sp³-hybridized carbons (Fsp3) is 0.647. The molecule has 0 aromatic heterocycles. The van der Waals surface area contributed by atoms with Gasteiger partial charge in [0.15, 0.2) is 0 Å². The summed E-state index contributed by atoms with van der Waals surface area (Å²) < 4.78 is 5.83. The Labute approximate surface area is 123 Å². The molecule has 1 aliphatic rings. The van der Waals surface area contributed by atoms with E-state index in [2.05, 4.69) is 50.0 Å². The Bertz CT molecular complexity index is 402. The van der Waals surface area contributed by atoms with Crippen molar-refractivity contribution in [2.24, 2.45) is 0 Å². The van der Waals surface area contributed by atoms with E-state index in [9.17, 15) is 0 Å². The third kappa shape index (κ3) is 4.50. The number of benzene rings is 1. The quantitative estimate of drug-likeness (QED) is 0.864. The molecule has 1 aliphatic heterocycles. The summed E-state index contributed by atoms with van der Waals surface area (Å²) in [7, 11) is 0. The van der Waals surface area contributed by atoms with Crippen LogP contribution in [0.5, 0.6) is 5.75 Å². The van der Waals surface area contributed by atoms with Crippen molar-refractivity contribution >= 4 is 0 Å². The first-order valence-corrected chi connectivity index (χ1v) is 7.74. The number of ether oxygens (including phenoxy) is 1. The van der Waals surface area contributed by atoms with E-state index in [0.717, 1.165) is 18.9 Å². The lowest BCUT2D eigenvalue weighted by atomic mass is 10.2. The summed E-state index contributed by atoms with van der Waals surface area (Å²) in [5.41, 5.74) is 1.27. The molecule has 1 saturated heterocycles. The summed E-state index contributed by atoms with van der Waals surface area (Å²) >= 11 is 0. The molecule has 1 heterocycles. The molecule has 1 aromatic rings. The van der Waals surface area contributed by atoms with Crippen LogP contribution in [-0.4, -0.2) is 42.7 Å². The van der Waals surface area contributed by atoms with Crippen molar-refractivity contribution in [3.05, 3.63) is 29.8 Å². The van der Waals surface area contributed by atoms with E-state index in [1.807, 2.05) is 12.1 Å². The molecule has 1 fully saturated rings. The van der Waals surface area contributed by atoms with Crippen molar-refractivity contribution in [2.75, 3.05) is 19.7 Å². The largest absolute Gasteiger partial charge is 0.492 e. The highest BCUT2D eigenvalue weighted by molar-refractivity contribution is 5.26. The van der Waals surface area contributed by atoms with E-state index in [0.29, 0.717) is 18.1 Å². The predicted molar refractivity (Wildman–Crippen MR) is 84.4 cm³/mol. The molecule has 0 radical (unpaired) electrons. The standard InChI is InChI=1S/C17H28N2O/c1-13(2)19-10-9-16(11-19)18-15(4)12-20-17-7-5-14(3)6-8-17/h5-8,13,15-16,18H,9-12H2,1-4H3. The molecule has 3 nitrogen and oxygen atoms in total. The molecule has 0 bridgehead atoms. The van der Waals surface area contributed by atoms with E-state index in [1.165, 1.54) is 18.5 Å². The molecular formula is C17H28N2O. The van der Waals surface area contributed by atoms with Gasteiger partial charge in [0, 0.05) is 24.7 Å². The molecule has 1 aromatic carbocycles. The Morgan fingerprint density at radius 2 is 1.95 bits per heavy atom. The lowest BCUT2D eigenvalue weighted by molar-refractivity contribution is 0.244. The lowest BCUT2D eigenvalue weighted by Gasteiger charge is -2.22. The highest BCUT2D eigenvalue weighted by Crippen LogP contribution is 2.14. The van der Waals surface area contributed by atoms with Gasteiger partial charge in [-0.1, -0.05) is 17.7 Å². The minimum Gasteiger partial charge on any atom is -0.492 e. The second-order valence-electron chi connectivity index (χ2n) is 6.27. The summed E-state index contributed by atoms with van der Waals surface area (Å²) in [6.45, 7) is 11.9. The van der Waals surface area contributed by atoms with Crippen molar-refractivity contribution in [1.29, 1.82) is 0 Å². The normalized spacial score (nSPS) is 21.4. The maximum atomic E-state index is 5.83. The van der Waals surface area contributed by atoms with Gasteiger partial charge in [-0.25, -0.2) is 0 Å². The summed E-state index contributed by atoms with van der Waals surface area (Å²) in [6.07, 6.45) is 1.24. The second-order valence-corrected chi connectivity index (χ2v) is 6.27. The summed E-state index contributed by atoms with van der Waals surface area (Å²) in [6, 6.07) is 9.90. The number of aryl methyl sites for hydroxylation is 1. The van der Waals surface area contributed by atoms with Crippen molar-refractivity contribution < 1.29 is 4.74 Å². The van der Waals surface area contributed by atoms with Crippen LogP contribution in [-0.2, 0) is 0 Å². The van der Waals surface area contributed by atoms with Crippen LogP contribution < -0.4 is 10.1 Å². The van der Waals surface area contributed by atoms with Crippen LogP contribution in [0.4, 0.5) is 0 Å². The van der Waals surface area contributed by atoms with Gasteiger partial charge in [-0.3, -0.25) is 4.90 Å². The van der Waals surface area contributed by atoms with Crippen molar-refractivity contribution in [2.45, 2.75) is 52.2 Å². The molecule has 2 rings (SSSR count). The molecule has 0 aliphatic carbocycles. The third-order valence-electron chi connectivity index (χ3n) is 3.99. The lowest BCUT2D eigenvalue weighted by Crippen LogP contribution is -2.42. The van der Waals surface area contributed by atoms with Crippen molar-refractivity contribution in [3.63, 3.8) is 0 Å². The minimum atomic E-state index is 0.383. The summed E-state index contributed by atoms with van der Waals surface area (Å²) in [5.74, 6) is 0.958. The van der Waals surface area contributed by atoms with Crippen LogP contribution in [0.2, 0.25) is 0 Å². The fourth-order valence-corrected chi connectivity index (χ4v) is 2.70. The molecule has 3 heteroatoms. The average Bonchev–Trinajstić information content (AvgIpc) is 2.87. The van der Waals surface area contributed by atoms with Crippen LogP contribution >= 0.6 is 0 Å². The van der Waals surface area contributed by atoms with E-state index < -0.39 is 0 Å². The van der Waals surface area contributed by atoms with Crippen LogP contribution in [0, 0.1) is 6.92 Å². The zero-order valence-electron chi connectivity index (χ0n) is 13.2. The topological polar surface area (TPSA) is 24.5 Å². The molecule has 0 amide bonds. The fourth-order valence-electron chi connectivity index (χ4n) is 2.70. The van der Waals surface area contributed by atoms with E-state index >= 15 is 0 Å². The Kier molecular flexibility index (Phi) is 5.44. The summed E-state index contributed by atoms with van der Waals surface area (Å²) in [4.78, 5) is 2.53. The molecule has 0 spiro atoms. The van der Waals surface area contributed by atoms with Crippen LogP contribution in [0.15, 0.2) is 24.3 Å². The number of rotatable bonds is 6. The van der Waals surface area contributed by atoms with Gasteiger partial charge in [0.25, 0.3) is 0 Å². The van der Waals surface area contributed by atoms with Gasteiger partial charge < -0.3 is 10.1 Å². The number of likely N-dealkylation sites (tertiary alicyclic amines) is 1. The SMILES string of the molecule is Cc1ccc(OCC(C)NC2CCN(C(C)C)C2)cc1. The van der Waals surface area contributed by atoms with Gasteiger partial charge in [0.1, 0.15) is 12.4 Å². The van der Waals surface area contributed by atoms with E-state index in [4.69, 9.17) is 4.74 Å². The molecule has 2 unspecified atom stereocenters. The number of nitrogens with zero attached hydrogens (tertiary/aromatic N) is 1. The number of hydrogen-bond acceptors (Lipinski definition) is 3. The zero-order valence-corrected chi connectivity index (χ0v) is 13.2. The molecule has 0 saturated carbocycles. The van der Waals surface area contributed by atoms with Gasteiger partial charge in [-0.2, -0.15) is 0 Å². The second kappa shape index (κ2) is 7.09.